The van der Waals surface area contributed by atoms with Crippen LogP contribution in [0.15, 0.2) is 54.6 Å². The topological polar surface area (TPSA) is 26.3 Å². The fourth-order valence-corrected chi connectivity index (χ4v) is 3.38. The first kappa shape index (κ1) is 12.9. The average Bonchev–Trinajstić information content (AvgIpc) is 2.91. The van der Waals surface area contributed by atoms with E-state index < -0.39 is 0 Å². The molecule has 0 N–H and O–H groups in total. The average molecular weight is 282 g/mol. The number of thiophene rings is 1. The van der Waals surface area contributed by atoms with Gasteiger partial charge in [-0.2, -0.15) is 0 Å². The molecule has 0 unspecified atom stereocenters. The van der Waals surface area contributed by atoms with Crippen molar-refractivity contribution in [1.82, 2.24) is 0 Å². The molecule has 0 amide bonds. The van der Waals surface area contributed by atoms with Gasteiger partial charge in [-0.05, 0) is 28.6 Å². The van der Waals surface area contributed by atoms with Crippen molar-refractivity contribution in [3.8, 4) is 10.4 Å². The first-order valence-electron chi connectivity index (χ1n) is 6.41. The van der Waals surface area contributed by atoms with Crippen molar-refractivity contribution in [2.45, 2.75) is 6.42 Å². The standard InChI is InChI=1S/C17H14O2S/c1-19-17(18)11-12-6-2-4-8-14(12)16-10-13-7-3-5-9-15(13)20-16/h2-10H,11H2,1H3. The molecule has 0 fully saturated rings. The van der Waals surface area contributed by atoms with Crippen LogP contribution < -0.4 is 0 Å². The Labute approximate surface area is 121 Å². The molecule has 0 aliphatic heterocycles. The summed E-state index contributed by atoms with van der Waals surface area (Å²) < 4.78 is 6.03. The second-order valence-electron chi connectivity index (χ2n) is 4.56. The van der Waals surface area contributed by atoms with Crippen molar-refractivity contribution >= 4 is 27.4 Å². The molecule has 0 aliphatic rings. The van der Waals surface area contributed by atoms with Crippen LogP contribution in [0.4, 0.5) is 0 Å². The van der Waals surface area contributed by atoms with E-state index in [4.69, 9.17) is 4.74 Å². The Morgan fingerprint density at radius 2 is 1.85 bits per heavy atom. The fraction of sp³-hybridized carbons (Fsp3) is 0.118. The van der Waals surface area contributed by atoms with Gasteiger partial charge in [0.25, 0.3) is 0 Å². The number of ether oxygens (including phenoxy) is 1. The lowest BCUT2D eigenvalue weighted by atomic mass is 10.0. The predicted octanol–water partition coefficient (Wildman–Crippen LogP) is 4.28. The fourth-order valence-electron chi connectivity index (χ4n) is 2.26. The van der Waals surface area contributed by atoms with Crippen molar-refractivity contribution in [2.75, 3.05) is 7.11 Å². The third kappa shape index (κ3) is 2.45. The van der Waals surface area contributed by atoms with Crippen molar-refractivity contribution in [2.24, 2.45) is 0 Å². The highest BCUT2D eigenvalue weighted by atomic mass is 32.1. The Hall–Kier alpha value is -2.13. The highest BCUT2D eigenvalue weighted by molar-refractivity contribution is 7.22. The Balaban J connectivity index is 2.07. The van der Waals surface area contributed by atoms with E-state index in [0.717, 1.165) is 11.1 Å². The van der Waals surface area contributed by atoms with E-state index in [1.54, 1.807) is 11.3 Å². The first-order valence-corrected chi connectivity index (χ1v) is 7.23. The van der Waals surface area contributed by atoms with Gasteiger partial charge in [0.05, 0.1) is 13.5 Å². The van der Waals surface area contributed by atoms with Crippen LogP contribution in [0.25, 0.3) is 20.5 Å². The summed E-state index contributed by atoms with van der Waals surface area (Å²) in [5, 5.41) is 1.24. The molecular weight excluding hydrogens is 268 g/mol. The van der Waals surface area contributed by atoms with Gasteiger partial charge in [-0.15, -0.1) is 11.3 Å². The van der Waals surface area contributed by atoms with E-state index in [9.17, 15) is 4.79 Å². The van der Waals surface area contributed by atoms with Crippen LogP contribution >= 0.6 is 11.3 Å². The van der Waals surface area contributed by atoms with Crippen LogP contribution in [0.5, 0.6) is 0 Å². The highest BCUT2D eigenvalue weighted by Gasteiger charge is 2.11. The second-order valence-corrected chi connectivity index (χ2v) is 5.64. The van der Waals surface area contributed by atoms with E-state index >= 15 is 0 Å². The third-order valence-electron chi connectivity index (χ3n) is 3.27. The van der Waals surface area contributed by atoms with Crippen LogP contribution in [0.1, 0.15) is 5.56 Å². The second kappa shape index (κ2) is 5.47. The summed E-state index contributed by atoms with van der Waals surface area (Å²) >= 11 is 1.75. The lowest BCUT2D eigenvalue weighted by molar-refractivity contribution is -0.139. The maximum Gasteiger partial charge on any atom is 0.310 e. The summed E-state index contributed by atoms with van der Waals surface area (Å²) in [6.07, 6.45) is 0.306. The quantitative estimate of drug-likeness (QED) is 0.670. The zero-order valence-corrected chi connectivity index (χ0v) is 11.9. The Morgan fingerprint density at radius 3 is 2.65 bits per heavy atom. The molecule has 0 aliphatic carbocycles. The molecule has 2 aromatic carbocycles. The van der Waals surface area contributed by atoms with Crippen LogP contribution in [-0.2, 0) is 16.0 Å². The van der Waals surface area contributed by atoms with E-state index in [1.165, 1.54) is 22.1 Å². The predicted molar refractivity (Wildman–Crippen MR) is 83.0 cm³/mol. The van der Waals surface area contributed by atoms with Crippen LogP contribution in [0, 0.1) is 0 Å². The Morgan fingerprint density at radius 1 is 1.10 bits per heavy atom. The number of methoxy groups -OCH3 is 1. The van der Waals surface area contributed by atoms with E-state index in [-0.39, 0.29) is 5.97 Å². The molecule has 3 heteroatoms. The van der Waals surface area contributed by atoms with Gasteiger partial charge in [0.2, 0.25) is 0 Å². The van der Waals surface area contributed by atoms with Crippen molar-refractivity contribution in [3.63, 3.8) is 0 Å². The van der Waals surface area contributed by atoms with Gasteiger partial charge in [0, 0.05) is 9.58 Å². The molecule has 3 rings (SSSR count). The van der Waals surface area contributed by atoms with E-state index in [0.29, 0.717) is 6.42 Å². The third-order valence-corrected chi connectivity index (χ3v) is 4.42. The number of esters is 1. The molecule has 100 valence electrons. The maximum atomic E-state index is 11.5. The number of fused-ring (bicyclic) bond motifs is 1. The molecule has 0 bridgehead atoms. The Kier molecular flexibility index (Phi) is 3.52. The molecule has 0 radical (unpaired) electrons. The van der Waals surface area contributed by atoms with Gasteiger partial charge in [0.1, 0.15) is 0 Å². The largest absolute Gasteiger partial charge is 0.469 e. The number of carbonyl (C=O) groups excluding carboxylic acids is 1. The SMILES string of the molecule is COC(=O)Cc1ccccc1-c1cc2ccccc2s1. The summed E-state index contributed by atoms with van der Waals surface area (Å²) in [5.41, 5.74) is 2.12. The minimum absolute atomic E-state index is 0.210. The number of hydrogen-bond acceptors (Lipinski definition) is 3. The molecule has 20 heavy (non-hydrogen) atoms. The molecule has 2 nitrogen and oxygen atoms in total. The van der Waals surface area contributed by atoms with Crippen molar-refractivity contribution in [3.05, 3.63) is 60.2 Å². The summed E-state index contributed by atoms with van der Waals surface area (Å²) in [6, 6.07) is 18.5. The van der Waals surface area contributed by atoms with Crippen molar-refractivity contribution in [1.29, 1.82) is 0 Å². The van der Waals surface area contributed by atoms with Gasteiger partial charge < -0.3 is 4.74 Å². The monoisotopic (exact) mass is 282 g/mol. The van der Waals surface area contributed by atoms with E-state index in [1.807, 2.05) is 30.3 Å². The molecule has 1 aromatic heterocycles. The lowest BCUT2D eigenvalue weighted by Gasteiger charge is -2.06. The van der Waals surface area contributed by atoms with E-state index in [2.05, 4.69) is 24.3 Å². The number of hydrogen-bond donors (Lipinski definition) is 0. The zero-order chi connectivity index (χ0) is 13.9. The highest BCUT2D eigenvalue weighted by Crippen LogP contribution is 2.35. The van der Waals surface area contributed by atoms with Crippen LogP contribution in [0.3, 0.4) is 0 Å². The molecule has 3 aromatic rings. The van der Waals surface area contributed by atoms with Gasteiger partial charge in [-0.3, -0.25) is 4.79 Å². The number of benzene rings is 2. The minimum atomic E-state index is -0.210. The molecule has 0 atom stereocenters. The van der Waals surface area contributed by atoms with Gasteiger partial charge in [0.15, 0.2) is 0 Å². The molecule has 0 spiro atoms. The van der Waals surface area contributed by atoms with Crippen LogP contribution in [-0.4, -0.2) is 13.1 Å². The Bertz CT molecular complexity index is 725. The summed E-state index contributed by atoms with van der Waals surface area (Å²) in [7, 11) is 1.42. The van der Waals surface area contributed by atoms with Crippen LogP contribution in [0.2, 0.25) is 0 Å². The maximum absolute atomic E-state index is 11.5. The normalized spacial score (nSPS) is 10.7. The summed E-state index contributed by atoms with van der Waals surface area (Å²) in [5.74, 6) is -0.210. The van der Waals surface area contributed by atoms with Gasteiger partial charge in [-0.25, -0.2) is 0 Å². The first-order chi connectivity index (χ1) is 9.78. The molecular formula is C17H14O2S. The smallest absolute Gasteiger partial charge is 0.310 e. The molecule has 1 heterocycles. The zero-order valence-electron chi connectivity index (χ0n) is 11.1. The molecule has 0 saturated heterocycles. The van der Waals surface area contributed by atoms with Gasteiger partial charge >= 0.3 is 5.97 Å². The minimum Gasteiger partial charge on any atom is -0.469 e. The number of rotatable bonds is 3. The molecule has 0 saturated carbocycles. The van der Waals surface area contributed by atoms with Gasteiger partial charge in [-0.1, -0.05) is 42.5 Å². The van der Waals surface area contributed by atoms with Crippen molar-refractivity contribution < 1.29 is 9.53 Å². The number of carbonyl (C=O) groups is 1. The summed E-state index contributed by atoms with van der Waals surface area (Å²) in [6.45, 7) is 0. The lowest BCUT2D eigenvalue weighted by Crippen LogP contribution is -2.05. The summed E-state index contributed by atoms with van der Waals surface area (Å²) in [4.78, 5) is 12.7.